The summed E-state index contributed by atoms with van der Waals surface area (Å²) in [5, 5.41) is 22.8. The van der Waals surface area contributed by atoms with E-state index in [4.69, 9.17) is 5.53 Å². The molecule has 0 fully saturated rings. The topological polar surface area (TPSA) is 127 Å². The van der Waals surface area contributed by atoms with Crippen LogP contribution in [0.2, 0.25) is 0 Å². The molecule has 24 heavy (non-hydrogen) atoms. The second-order valence-electron chi connectivity index (χ2n) is 5.26. The van der Waals surface area contributed by atoms with Crippen molar-refractivity contribution in [2.75, 3.05) is 0 Å². The van der Waals surface area contributed by atoms with Crippen molar-refractivity contribution >= 4 is 11.8 Å². The molecule has 2 aromatic carbocycles. The number of hydrogen-bond acceptors (Lipinski definition) is 5. The van der Waals surface area contributed by atoms with Crippen molar-refractivity contribution in [3.8, 4) is 11.5 Å². The second-order valence-corrected chi connectivity index (χ2v) is 5.26. The van der Waals surface area contributed by atoms with Gasteiger partial charge in [-0.3, -0.25) is 14.5 Å². The summed E-state index contributed by atoms with van der Waals surface area (Å²) in [7, 11) is 0. The van der Waals surface area contributed by atoms with E-state index >= 15 is 0 Å². The van der Waals surface area contributed by atoms with E-state index in [1.54, 1.807) is 24.3 Å². The zero-order valence-electron chi connectivity index (χ0n) is 12.4. The quantitative estimate of drug-likeness (QED) is 0.295. The number of hydrogen-bond donors (Lipinski definition) is 2. The number of imide groups is 1. The third-order valence-electron chi connectivity index (χ3n) is 3.74. The fraction of sp³-hybridized carbons (Fsp3) is 0.125. The summed E-state index contributed by atoms with van der Waals surface area (Å²) < 4.78 is 0. The van der Waals surface area contributed by atoms with Crippen molar-refractivity contribution in [3.63, 3.8) is 0 Å². The van der Waals surface area contributed by atoms with E-state index in [9.17, 15) is 19.8 Å². The Bertz CT molecular complexity index is 903. The van der Waals surface area contributed by atoms with Crippen molar-refractivity contribution in [1.29, 1.82) is 0 Å². The maximum Gasteiger partial charge on any atom is 0.265 e. The summed E-state index contributed by atoms with van der Waals surface area (Å²) >= 11 is 0. The molecule has 2 amide bonds. The highest BCUT2D eigenvalue weighted by molar-refractivity contribution is 6.22. The first kappa shape index (κ1) is 15.4. The van der Waals surface area contributed by atoms with Crippen LogP contribution in [0.5, 0.6) is 11.5 Å². The van der Waals surface area contributed by atoms with Gasteiger partial charge in [-0.15, -0.1) is 0 Å². The minimum Gasteiger partial charge on any atom is -0.504 e. The maximum absolute atomic E-state index is 12.4. The number of amides is 2. The highest BCUT2D eigenvalue weighted by atomic mass is 16.3. The lowest BCUT2D eigenvalue weighted by atomic mass is 10.1. The highest BCUT2D eigenvalue weighted by Crippen LogP contribution is 2.37. The summed E-state index contributed by atoms with van der Waals surface area (Å²) in [4.78, 5) is 28.5. The van der Waals surface area contributed by atoms with Crippen molar-refractivity contribution in [1.82, 2.24) is 4.90 Å². The van der Waals surface area contributed by atoms with Gasteiger partial charge in [0.15, 0.2) is 11.5 Å². The number of phenolic OH excluding ortho intramolecular Hbond substituents is 2. The second kappa shape index (κ2) is 5.94. The molecule has 0 saturated carbocycles. The van der Waals surface area contributed by atoms with Crippen molar-refractivity contribution in [2.45, 2.75) is 13.1 Å². The molecule has 8 heteroatoms. The van der Waals surface area contributed by atoms with Crippen molar-refractivity contribution in [3.05, 3.63) is 69.1 Å². The van der Waals surface area contributed by atoms with Crippen molar-refractivity contribution < 1.29 is 19.8 Å². The molecule has 0 aliphatic carbocycles. The normalized spacial score (nSPS) is 12.9. The van der Waals surface area contributed by atoms with Crippen molar-refractivity contribution in [2.24, 2.45) is 5.11 Å². The molecule has 2 N–H and O–H groups in total. The van der Waals surface area contributed by atoms with Gasteiger partial charge < -0.3 is 10.2 Å². The molecule has 0 unspecified atom stereocenters. The zero-order valence-corrected chi connectivity index (χ0v) is 12.4. The summed E-state index contributed by atoms with van der Waals surface area (Å²) in [5.41, 5.74) is 9.66. The molecule has 0 atom stereocenters. The van der Waals surface area contributed by atoms with E-state index in [-0.39, 0.29) is 24.2 Å². The average Bonchev–Trinajstić information content (AvgIpc) is 2.82. The zero-order chi connectivity index (χ0) is 17.3. The molecule has 1 aliphatic heterocycles. The minimum atomic E-state index is -0.663. The summed E-state index contributed by atoms with van der Waals surface area (Å²) in [6.07, 6.45) is 0. The van der Waals surface area contributed by atoms with E-state index in [1.165, 1.54) is 12.1 Å². The number of fused-ring (bicyclic) bond motifs is 1. The molecular weight excluding hydrogens is 312 g/mol. The number of rotatable bonds is 4. The van der Waals surface area contributed by atoms with Crippen LogP contribution in [0.25, 0.3) is 10.4 Å². The van der Waals surface area contributed by atoms with E-state index in [0.717, 1.165) is 10.5 Å². The van der Waals surface area contributed by atoms with Gasteiger partial charge in [-0.1, -0.05) is 29.4 Å². The molecular formula is C16H12N4O4. The number of nitrogens with zero attached hydrogens (tertiary/aromatic N) is 4. The monoisotopic (exact) mass is 324 g/mol. The maximum atomic E-state index is 12.4. The van der Waals surface area contributed by atoms with Crippen LogP contribution in [0.3, 0.4) is 0 Å². The molecule has 0 saturated heterocycles. The molecule has 0 aromatic heterocycles. The summed E-state index contributed by atoms with van der Waals surface area (Å²) in [5.74, 6) is -2.24. The molecule has 1 heterocycles. The Kier molecular flexibility index (Phi) is 3.81. The molecule has 3 rings (SSSR count). The number of benzene rings is 2. The summed E-state index contributed by atoms with van der Waals surface area (Å²) in [6, 6.07) is 9.45. The molecule has 0 radical (unpaired) electrons. The first-order valence-corrected chi connectivity index (χ1v) is 7.02. The number of azide groups is 1. The molecule has 0 bridgehead atoms. The predicted octanol–water partition coefficient (Wildman–Crippen LogP) is 2.70. The van der Waals surface area contributed by atoms with Gasteiger partial charge in [0, 0.05) is 4.91 Å². The van der Waals surface area contributed by atoms with E-state index in [2.05, 4.69) is 10.0 Å². The highest BCUT2D eigenvalue weighted by Gasteiger charge is 2.38. The lowest BCUT2D eigenvalue weighted by molar-refractivity contribution is 0.0641. The van der Waals surface area contributed by atoms with Crippen LogP contribution in [0.1, 0.15) is 31.8 Å². The van der Waals surface area contributed by atoms with E-state index < -0.39 is 23.3 Å². The molecule has 120 valence electrons. The van der Waals surface area contributed by atoms with Gasteiger partial charge in [0.2, 0.25) is 0 Å². The average molecular weight is 324 g/mol. The molecule has 1 aliphatic rings. The fourth-order valence-electron chi connectivity index (χ4n) is 2.61. The van der Waals surface area contributed by atoms with Crippen LogP contribution in [0.4, 0.5) is 0 Å². The summed E-state index contributed by atoms with van der Waals surface area (Å²) in [6.45, 7) is 0.178. The first-order chi connectivity index (χ1) is 11.5. The lowest BCUT2D eigenvalue weighted by Gasteiger charge is -2.14. The Labute approximate surface area is 136 Å². The predicted molar refractivity (Wildman–Crippen MR) is 83.3 cm³/mol. The third-order valence-corrected chi connectivity index (χ3v) is 3.74. The van der Waals surface area contributed by atoms with Crippen LogP contribution >= 0.6 is 0 Å². The Balaban J connectivity index is 1.90. The fourth-order valence-corrected chi connectivity index (χ4v) is 2.61. The Morgan fingerprint density at radius 2 is 1.83 bits per heavy atom. The standard InChI is InChI=1S/C16H12N4O4/c17-19-18-7-9-2-1-3-10(6-9)8-20-15(23)11-4-5-12(21)14(22)13(11)16(20)24/h1-6,21-22H,7-8H2. The number of aromatic hydroxyl groups is 2. The van der Waals surface area contributed by atoms with Crippen LogP contribution in [0, 0.1) is 0 Å². The third kappa shape index (κ3) is 2.51. The van der Waals surface area contributed by atoms with Gasteiger partial charge in [-0.2, -0.15) is 0 Å². The number of carbonyl (C=O) groups excluding carboxylic acids is 2. The van der Waals surface area contributed by atoms with Gasteiger partial charge in [0.05, 0.1) is 24.2 Å². The SMILES string of the molecule is [N-]=[N+]=NCc1cccc(CN2C(=O)c3ccc(O)c(O)c3C2=O)c1. The Morgan fingerprint density at radius 1 is 1.08 bits per heavy atom. The number of carbonyl (C=O) groups is 2. The first-order valence-electron chi connectivity index (χ1n) is 7.02. The van der Waals surface area contributed by atoms with Crippen LogP contribution in [-0.2, 0) is 13.1 Å². The van der Waals surface area contributed by atoms with Gasteiger partial charge >= 0.3 is 0 Å². The van der Waals surface area contributed by atoms with Gasteiger partial charge in [-0.05, 0) is 28.8 Å². The van der Waals surface area contributed by atoms with E-state index in [0.29, 0.717) is 5.56 Å². The van der Waals surface area contributed by atoms with Crippen LogP contribution in [0.15, 0.2) is 41.5 Å². The molecule has 0 spiro atoms. The van der Waals surface area contributed by atoms with E-state index in [1.807, 2.05) is 0 Å². The Morgan fingerprint density at radius 3 is 2.58 bits per heavy atom. The van der Waals surface area contributed by atoms with Gasteiger partial charge in [0.25, 0.3) is 11.8 Å². The van der Waals surface area contributed by atoms with Gasteiger partial charge in [-0.25, -0.2) is 0 Å². The van der Waals surface area contributed by atoms with Crippen LogP contribution in [-0.4, -0.2) is 26.9 Å². The minimum absolute atomic E-state index is 0.0106. The largest absolute Gasteiger partial charge is 0.504 e. The van der Waals surface area contributed by atoms with Crippen LogP contribution < -0.4 is 0 Å². The molecule has 2 aromatic rings. The Hall–Kier alpha value is -3.51. The number of phenols is 2. The smallest absolute Gasteiger partial charge is 0.265 e. The lowest BCUT2D eigenvalue weighted by Crippen LogP contribution is -2.29. The molecule has 8 nitrogen and oxygen atoms in total. The van der Waals surface area contributed by atoms with Gasteiger partial charge in [0.1, 0.15) is 0 Å².